The molecule has 0 radical (unpaired) electrons. The van der Waals surface area contributed by atoms with E-state index in [9.17, 15) is 0 Å². The Kier molecular flexibility index (Phi) is 21.1. The van der Waals surface area contributed by atoms with Crippen molar-refractivity contribution >= 4 is 0 Å². The monoisotopic (exact) mass is 1270 g/mol. The SMILES string of the molecule is Cc1ccccc1-c1c(C)c(C)cc[n+]1C.Cc1ccccc1-c1c(C)ccc[n+]1C.Cc1ccccc1-c1cccc(C)[n+]1C.[2H]C([2H])([2H])c1c[n+](C)c(-c2ccccc2C)c(C)c1C.[2H]C([2H])([2H])c1c[n+](C)c(-c2ccccc2C)cc1C.[2H]C([2H])([2H])c1cc(C)c(-c2ccccc2C)[n+](C)c1. The lowest BCUT2D eigenvalue weighted by Gasteiger charge is -2.10. The summed E-state index contributed by atoms with van der Waals surface area (Å²) < 4.78 is 80.4. The van der Waals surface area contributed by atoms with E-state index in [0.29, 0.717) is 16.7 Å². The second kappa shape index (κ2) is 33.4. The minimum absolute atomic E-state index is 0.379. The van der Waals surface area contributed by atoms with Crippen LogP contribution in [-0.4, -0.2) is 0 Å². The molecule has 0 aliphatic rings. The molecule has 0 aliphatic carbocycles. The smallest absolute Gasteiger partial charge is 0.201 e. The van der Waals surface area contributed by atoms with Crippen LogP contribution in [0.15, 0.2) is 225 Å². The molecule has 6 heterocycles. The second-order valence-corrected chi connectivity index (χ2v) is 25.2. The summed E-state index contributed by atoms with van der Waals surface area (Å²) in [5, 5.41) is 0. The van der Waals surface area contributed by atoms with Gasteiger partial charge in [0.1, 0.15) is 42.3 Å². The van der Waals surface area contributed by atoms with Crippen LogP contribution < -0.4 is 27.4 Å². The summed E-state index contributed by atoms with van der Waals surface area (Å²) in [6.45, 7) is 22.8. The lowest BCUT2D eigenvalue weighted by atomic mass is 9.97. The lowest BCUT2D eigenvalue weighted by molar-refractivity contribution is -0.666. The largest absolute Gasteiger partial charge is 0.215 e. The minimum Gasteiger partial charge on any atom is -0.201 e. The maximum atomic E-state index is 7.64. The second-order valence-electron chi connectivity index (χ2n) is 25.2. The van der Waals surface area contributed by atoms with Crippen molar-refractivity contribution in [1.82, 2.24) is 0 Å². The van der Waals surface area contributed by atoms with E-state index in [4.69, 9.17) is 12.3 Å². The third-order valence-electron chi connectivity index (χ3n) is 18.1. The number of aromatic nitrogens is 6. The molecule has 0 aliphatic heterocycles. The number of pyridine rings is 6. The Hall–Kier alpha value is -9.78. The van der Waals surface area contributed by atoms with E-state index < -0.39 is 20.6 Å². The Morgan fingerprint density at radius 3 is 1.09 bits per heavy atom. The zero-order valence-electron chi connectivity index (χ0n) is 69.0. The first-order valence-electron chi connectivity index (χ1n) is 37.1. The van der Waals surface area contributed by atoms with Gasteiger partial charge in [0, 0.05) is 122 Å². The number of aryl methyl sites for hydroxylation is 19. The quantitative estimate of drug-likeness (QED) is 0.148. The molecule has 0 amide bonds. The molecule has 6 aromatic heterocycles. The third-order valence-corrected chi connectivity index (χ3v) is 18.1. The molecule has 0 fully saturated rings. The van der Waals surface area contributed by atoms with Gasteiger partial charge in [0.15, 0.2) is 36.7 Å². The van der Waals surface area contributed by atoms with E-state index in [2.05, 4.69) is 262 Å². The van der Waals surface area contributed by atoms with Crippen LogP contribution in [0.25, 0.3) is 67.5 Å². The van der Waals surface area contributed by atoms with Gasteiger partial charge in [-0.05, 0) is 215 Å². The van der Waals surface area contributed by atoms with Crippen molar-refractivity contribution in [3.8, 4) is 67.5 Å². The Morgan fingerprint density at radius 2 is 0.642 bits per heavy atom. The molecule has 6 nitrogen and oxygen atoms in total. The molecule has 486 valence electrons. The van der Waals surface area contributed by atoms with Gasteiger partial charge in [-0.2, -0.15) is 4.57 Å². The molecule has 0 N–H and O–H groups in total. The van der Waals surface area contributed by atoms with Crippen LogP contribution in [0, 0.1) is 117 Å². The van der Waals surface area contributed by atoms with Crippen LogP contribution in [0.4, 0.5) is 0 Å². The predicted molar refractivity (Wildman–Crippen MR) is 399 cm³/mol. The van der Waals surface area contributed by atoms with E-state index in [1.54, 1.807) is 24.7 Å². The van der Waals surface area contributed by atoms with Crippen molar-refractivity contribution < 1.29 is 39.7 Å². The van der Waals surface area contributed by atoms with E-state index in [0.717, 1.165) is 56.0 Å². The Morgan fingerprint density at radius 1 is 0.242 bits per heavy atom. The molecule has 12 rings (SSSR count). The number of hydrogen-bond acceptors (Lipinski definition) is 0. The fourth-order valence-electron chi connectivity index (χ4n) is 12.2. The van der Waals surface area contributed by atoms with Gasteiger partial charge in [0.2, 0.25) is 34.2 Å². The highest BCUT2D eigenvalue weighted by Gasteiger charge is 2.21. The maximum Gasteiger partial charge on any atom is 0.215 e. The maximum absolute atomic E-state index is 7.64. The first kappa shape index (κ1) is 60.2. The van der Waals surface area contributed by atoms with Gasteiger partial charge in [0.25, 0.3) is 0 Å². The van der Waals surface area contributed by atoms with E-state index >= 15 is 0 Å². The summed E-state index contributed by atoms with van der Waals surface area (Å²) in [5.41, 5.74) is 32.1. The van der Waals surface area contributed by atoms with Crippen molar-refractivity contribution in [3.05, 3.63) is 320 Å². The number of nitrogens with zero attached hydrogens (tertiary/aromatic N) is 6. The van der Waals surface area contributed by atoms with Crippen LogP contribution in [0.2, 0.25) is 0 Å². The summed E-state index contributed by atoms with van der Waals surface area (Å²) in [4.78, 5) is 0. The number of hydrogen-bond donors (Lipinski definition) is 0. The highest BCUT2D eigenvalue weighted by Crippen LogP contribution is 2.29. The Bertz CT molecular complexity index is 4960. The zero-order chi connectivity index (χ0) is 76.9. The summed E-state index contributed by atoms with van der Waals surface area (Å²) in [7, 11) is 12.0. The standard InChI is InChI=1S/C16H20N.3C15H18N.2C14H16N/c1-11-8-6-7-9-15(11)16-14(4)13(3)12(2)10-17(16)5;1-11-9-13(3)15(16(4)10-11)14-8-6-5-7-12(14)2;1-11-7-5-6-8-14(11)15-9-12(2)13(3)10-16(15)4;1-11-9-10-16(4)15(13(11)3)14-8-6-5-7-12(14)2;1-11-7-4-5-9-13(11)14-12(2)8-6-10-15(14)3;1-11-7-4-5-9-13(11)14-10-6-8-12(2)15(14)3/h6-10H,1-5H3;3*5-10H,1-4H3;2*4-10H,1-3H3/q6*+1/i2D3;1D3;3D3;;;. The molecule has 0 saturated heterocycles. The normalized spacial score (nSPS) is 12.3. The van der Waals surface area contributed by atoms with Crippen molar-refractivity contribution in [3.63, 3.8) is 0 Å². The molecule has 0 unspecified atom stereocenters. The van der Waals surface area contributed by atoms with Gasteiger partial charge < -0.3 is 0 Å². The molecule has 0 saturated carbocycles. The fourth-order valence-corrected chi connectivity index (χ4v) is 12.2. The van der Waals surface area contributed by atoms with Gasteiger partial charge in [0.05, 0.1) is 0 Å². The molecule has 12 aromatic rings. The fraction of sp³-hybridized carbons (Fsp3) is 0.258. The Balaban J connectivity index is 0.000000175. The van der Waals surface area contributed by atoms with Gasteiger partial charge >= 0.3 is 0 Å². The molecule has 95 heavy (non-hydrogen) atoms. The molecule has 0 bridgehead atoms. The van der Waals surface area contributed by atoms with Crippen LogP contribution in [0.5, 0.6) is 0 Å². The van der Waals surface area contributed by atoms with E-state index in [1.807, 2.05) is 105 Å². The lowest BCUT2D eigenvalue weighted by Crippen LogP contribution is -2.34. The van der Waals surface area contributed by atoms with Gasteiger partial charge in [-0.15, -0.1) is 0 Å². The van der Waals surface area contributed by atoms with E-state index in [1.165, 1.54) is 89.5 Å². The van der Waals surface area contributed by atoms with Gasteiger partial charge in [-0.3, -0.25) is 0 Å². The third kappa shape index (κ3) is 18.1. The molecule has 0 spiro atoms. The van der Waals surface area contributed by atoms with Crippen LogP contribution >= 0.6 is 0 Å². The summed E-state index contributed by atoms with van der Waals surface area (Å²) in [6, 6.07) is 66.4. The predicted octanol–water partition coefficient (Wildman–Crippen LogP) is 18.3. The van der Waals surface area contributed by atoms with Crippen molar-refractivity contribution in [1.29, 1.82) is 0 Å². The number of benzene rings is 6. The molecular weight excluding hydrogens is 1150 g/mol. The first-order chi connectivity index (χ1) is 48.8. The van der Waals surface area contributed by atoms with Gasteiger partial charge in [-0.1, -0.05) is 109 Å². The van der Waals surface area contributed by atoms with Crippen molar-refractivity contribution in [2.75, 3.05) is 0 Å². The average Bonchev–Trinajstić information content (AvgIpc) is 0.780. The average molecular weight is 1270 g/mol. The molecular formula is C89H106N6+6. The summed E-state index contributed by atoms with van der Waals surface area (Å²) in [6.07, 6.45) is 9.36. The summed E-state index contributed by atoms with van der Waals surface area (Å²) in [5.74, 6) is 0. The van der Waals surface area contributed by atoms with Crippen molar-refractivity contribution in [2.45, 2.75) is 117 Å². The highest BCUT2D eigenvalue weighted by atomic mass is 15.0. The van der Waals surface area contributed by atoms with Crippen molar-refractivity contribution in [2.24, 2.45) is 42.3 Å². The van der Waals surface area contributed by atoms with Crippen LogP contribution in [0.1, 0.15) is 107 Å². The number of rotatable bonds is 6. The minimum atomic E-state index is -2.07. The zero-order valence-corrected chi connectivity index (χ0v) is 60.0. The summed E-state index contributed by atoms with van der Waals surface area (Å²) >= 11 is 0. The van der Waals surface area contributed by atoms with Crippen LogP contribution in [0.3, 0.4) is 0 Å². The molecule has 6 aromatic carbocycles. The molecule has 0 atom stereocenters. The van der Waals surface area contributed by atoms with E-state index in [-0.39, 0.29) is 0 Å². The Labute approximate surface area is 584 Å². The molecule has 6 heteroatoms. The first-order valence-corrected chi connectivity index (χ1v) is 32.6. The van der Waals surface area contributed by atoms with Gasteiger partial charge in [-0.25, -0.2) is 22.8 Å². The highest BCUT2D eigenvalue weighted by molar-refractivity contribution is 5.68. The topological polar surface area (TPSA) is 23.3 Å². The van der Waals surface area contributed by atoms with Crippen LogP contribution in [-0.2, 0) is 42.3 Å².